The van der Waals surface area contributed by atoms with E-state index in [0.29, 0.717) is 19.3 Å². The van der Waals surface area contributed by atoms with Gasteiger partial charge in [0.1, 0.15) is 6.10 Å². The molecule has 61 heavy (non-hydrogen) atoms. The molecule has 0 saturated heterocycles. The third-order valence-electron chi connectivity index (χ3n) is 12.2. The van der Waals surface area contributed by atoms with Gasteiger partial charge in [-0.3, -0.25) is 9.59 Å². The number of carbonyl (C=O) groups excluding carboxylic acids is 2. The smallest absolute Gasteiger partial charge is 0.306 e. The minimum absolute atomic E-state index is 0.0710. The lowest BCUT2D eigenvalue weighted by molar-refractivity contribution is -0.151. The van der Waals surface area contributed by atoms with Gasteiger partial charge in [0, 0.05) is 6.42 Å². The highest BCUT2D eigenvalue weighted by atomic mass is 16.5. The zero-order chi connectivity index (χ0) is 44.5. The van der Waals surface area contributed by atoms with Crippen LogP contribution in [0.5, 0.6) is 0 Å². The van der Waals surface area contributed by atoms with Gasteiger partial charge in [-0.05, 0) is 77.0 Å². The maximum absolute atomic E-state index is 13.2. The lowest BCUT2D eigenvalue weighted by atomic mass is 10.0. The summed E-state index contributed by atoms with van der Waals surface area (Å²) in [4.78, 5) is 26.2. The van der Waals surface area contributed by atoms with Gasteiger partial charge in [0.2, 0.25) is 5.91 Å². The van der Waals surface area contributed by atoms with Crippen molar-refractivity contribution in [2.24, 2.45) is 0 Å². The van der Waals surface area contributed by atoms with Crippen LogP contribution < -0.4 is 5.32 Å². The van der Waals surface area contributed by atoms with Crippen LogP contribution >= 0.6 is 0 Å². The summed E-state index contributed by atoms with van der Waals surface area (Å²) in [6.45, 7) is 6.38. The third-order valence-corrected chi connectivity index (χ3v) is 12.2. The summed E-state index contributed by atoms with van der Waals surface area (Å²) in [5, 5.41) is 23.8. The molecule has 3 N–H and O–H groups in total. The second kappa shape index (κ2) is 49.1. The number of allylic oxidation sites excluding steroid dienone is 6. The van der Waals surface area contributed by atoms with Gasteiger partial charge in [-0.15, -0.1) is 0 Å². The number of hydrogen-bond donors (Lipinski definition) is 3. The van der Waals surface area contributed by atoms with E-state index in [2.05, 4.69) is 62.5 Å². The van der Waals surface area contributed by atoms with Crippen molar-refractivity contribution in [1.29, 1.82) is 0 Å². The van der Waals surface area contributed by atoms with Crippen LogP contribution in [0.15, 0.2) is 36.5 Å². The van der Waals surface area contributed by atoms with Gasteiger partial charge in [-0.2, -0.15) is 0 Å². The molecule has 0 aliphatic carbocycles. The minimum atomic E-state index is -0.789. The number of amides is 1. The van der Waals surface area contributed by atoms with Crippen molar-refractivity contribution >= 4 is 11.9 Å². The second-order valence-electron chi connectivity index (χ2n) is 18.2. The molecular formula is C55H103NO5. The molecule has 0 spiro atoms. The molecule has 0 heterocycles. The van der Waals surface area contributed by atoms with Crippen molar-refractivity contribution in [2.45, 2.75) is 296 Å². The van der Waals surface area contributed by atoms with E-state index in [1.807, 2.05) is 0 Å². The molecule has 0 bridgehead atoms. The highest BCUT2D eigenvalue weighted by Gasteiger charge is 2.24. The molecule has 3 unspecified atom stereocenters. The van der Waals surface area contributed by atoms with E-state index in [1.54, 1.807) is 0 Å². The number of aliphatic hydroxyl groups excluding tert-OH is 2. The summed E-state index contributed by atoms with van der Waals surface area (Å²) in [7, 11) is 0. The average Bonchev–Trinajstić information content (AvgIpc) is 3.25. The Labute approximate surface area is 379 Å². The summed E-state index contributed by atoms with van der Waals surface area (Å²) in [5.41, 5.74) is 0. The number of ether oxygens (including phenoxy) is 1. The van der Waals surface area contributed by atoms with E-state index >= 15 is 0 Å². The Balaban J connectivity index is 4.54. The molecule has 0 aliphatic heterocycles. The number of nitrogens with one attached hydrogen (secondary N) is 1. The topological polar surface area (TPSA) is 95.9 Å². The molecule has 0 aromatic rings. The Bertz CT molecular complexity index is 1010. The molecule has 0 aromatic carbocycles. The van der Waals surface area contributed by atoms with Crippen LogP contribution in [0.4, 0.5) is 0 Å². The van der Waals surface area contributed by atoms with Crippen LogP contribution in [0.2, 0.25) is 0 Å². The molecule has 0 rings (SSSR count). The summed E-state index contributed by atoms with van der Waals surface area (Å²) in [6.07, 6.45) is 57.7. The first-order chi connectivity index (χ1) is 30.0. The SMILES string of the molecule is CC/C=C/C/C=C/CCCCCCCCCC(=O)OC(CCCCCCC/C=C\CCCCCC)CC(=O)NC(CO)C(O)CCCCCCCCCCCCCCCCC. The maximum Gasteiger partial charge on any atom is 0.306 e. The van der Waals surface area contributed by atoms with E-state index in [1.165, 1.54) is 154 Å². The molecular weight excluding hydrogens is 755 g/mol. The first kappa shape index (κ1) is 59.1. The lowest BCUT2D eigenvalue weighted by Crippen LogP contribution is -2.46. The largest absolute Gasteiger partial charge is 0.462 e. The lowest BCUT2D eigenvalue weighted by Gasteiger charge is -2.24. The average molecular weight is 858 g/mol. The van der Waals surface area contributed by atoms with Gasteiger partial charge in [0.15, 0.2) is 0 Å². The van der Waals surface area contributed by atoms with Crippen molar-refractivity contribution in [3.05, 3.63) is 36.5 Å². The van der Waals surface area contributed by atoms with Crippen LogP contribution in [0.3, 0.4) is 0 Å². The van der Waals surface area contributed by atoms with Gasteiger partial charge in [0.25, 0.3) is 0 Å². The number of carbonyl (C=O) groups is 2. The second-order valence-corrected chi connectivity index (χ2v) is 18.2. The quantitative estimate of drug-likeness (QED) is 0.0322. The fourth-order valence-corrected chi connectivity index (χ4v) is 8.17. The molecule has 3 atom stereocenters. The van der Waals surface area contributed by atoms with Crippen molar-refractivity contribution in [3.8, 4) is 0 Å². The van der Waals surface area contributed by atoms with Crippen LogP contribution in [-0.2, 0) is 14.3 Å². The monoisotopic (exact) mass is 858 g/mol. The van der Waals surface area contributed by atoms with Gasteiger partial charge in [0.05, 0.1) is 25.2 Å². The van der Waals surface area contributed by atoms with E-state index < -0.39 is 18.2 Å². The fourth-order valence-electron chi connectivity index (χ4n) is 8.17. The van der Waals surface area contributed by atoms with Gasteiger partial charge in [-0.25, -0.2) is 0 Å². The zero-order valence-corrected chi connectivity index (χ0v) is 40.8. The number of hydrogen-bond acceptors (Lipinski definition) is 5. The van der Waals surface area contributed by atoms with Gasteiger partial charge >= 0.3 is 5.97 Å². The fraction of sp³-hybridized carbons (Fsp3) is 0.855. The van der Waals surface area contributed by atoms with Crippen molar-refractivity contribution in [3.63, 3.8) is 0 Å². The summed E-state index contributed by atoms with van der Waals surface area (Å²) >= 11 is 0. The Kier molecular flexibility index (Phi) is 47.6. The molecule has 0 radical (unpaired) electrons. The molecule has 0 aliphatic rings. The predicted molar refractivity (Wildman–Crippen MR) is 264 cm³/mol. The van der Waals surface area contributed by atoms with Crippen molar-refractivity contribution < 1.29 is 24.5 Å². The number of rotatable bonds is 48. The maximum atomic E-state index is 13.2. The Morgan fingerprint density at radius 1 is 0.492 bits per heavy atom. The first-order valence-corrected chi connectivity index (χ1v) is 26.7. The summed E-state index contributed by atoms with van der Waals surface area (Å²) < 4.78 is 5.93. The van der Waals surface area contributed by atoms with Crippen LogP contribution in [0.25, 0.3) is 0 Å². The highest BCUT2D eigenvalue weighted by Crippen LogP contribution is 2.18. The Morgan fingerprint density at radius 3 is 1.36 bits per heavy atom. The first-order valence-electron chi connectivity index (χ1n) is 26.7. The number of unbranched alkanes of at least 4 members (excludes halogenated alkanes) is 30. The van der Waals surface area contributed by atoms with Crippen LogP contribution in [0, 0.1) is 0 Å². The van der Waals surface area contributed by atoms with Crippen LogP contribution in [-0.4, -0.2) is 46.9 Å². The van der Waals surface area contributed by atoms with E-state index in [-0.39, 0.29) is 24.9 Å². The van der Waals surface area contributed by atoms with E-state index in [9.17, 15) is 19.8 Å². The molecule has 6 nitrogen and oxygen atoms in total. The predicted octanol–water partition coefficient (Wildman–Crippen LogP) is 16.1. The Hall–Kier alpha value is -1.92. The zero-order valence-electron chi connectivity index (χ0n) is 40.8. The van der Waals surface area contributed by atoms with Crippen molar-refractivity contribution in [1.82, 2.24) is 5.32 Å². The molecule has 0 fully saturated rings. The number of aliphatic hydroxyl groups is 2. The minimum Gasteiger partial charge on any atom is -0.462 e. The van der Waals surface area contributed by atoms with Gasteiger partial charge in [-0.1, -0.05) is 224 Å². The molecule has 6 heteroatoms. The molecule has 0 aromatic heterocycles. The summed E-state index contributed by atoms with van der Waals surface area (Å²) in [5.74, 6) is -0.482. The highest BCUT2D eigenvalue weighted by molar-refractivity contribution is 5.77. The number of esters is 1. The third kappa shape index (κ3) is 44.5. The molecule has 1 amide bonds. The van der Waals surface area contributed by atoms with E-state index in [0.717, 1.165) is 77.0 Å². The van der Waals surface area contributed by atoms with Gasteiger partial charge < -0.3 is 20.3 Å². The standard InChI is InChI=1S/C55H103NO5/c1-4-7-10-13-16-19-22-25-27-29-32-35-38-41-44-47-53(58)52(50-57)56-54(59)49-51(46-43-40-37-34-31-28-24-21-18-15-12-9-6-3)61-55(60)48-45-42-39-36-33-30-26-23-20-17-14-11-8-5-2/h8,11,17,20-21,24,51-53,57-58H,4-7,9-10,12-16,18-19,22-23,25-50H2,1-3H3,(H,56,59)/b11-8+,20-17+,24-21-. The van der Waals surface area contributed by atoms with Crippen molar-refractivity contribution in [2.75, 3.05) is 6.61 Å². The normalized spacial score (nSPS) is 13.5. The van der Waals surface area contributed by atoms with Crippen LogP contribution in [0.1, 0.15) is 278 Å². The summed E-state index contributed by atoms with van der Waals surface area (Å²) in [6, 6.07) is -0.703. The Morgan fingerprint density at radius 2 is 0.885 bits per heavy atom. The molecule has 0 saturated carbocycles. The van der Waals surface area contributed by atoms with E-state index in [4.69, 9.17) is 4.74 Å². The molecule has 358 valence electrons.